The Morgan fingerprint density at radius 1 is 1.20 bits per heavy atom. The number of benzene rings is 1. The second-order valence-corrected chi connectivity index (χ2v) is 6.82. The molecule has 152 valence electrons. The smallest absolute Gasteiger partial charge is 0.322 e. The number of rotatable bonds is 3. The van der Waals surface area contributed by atoms with Gasteiger partial charge in [0.2, 0.25) is 5.88 Å². The van der Waals surface area contributed by atoms with Gasteiger partial charge in [-0.05, 0) is 36.8 Å². The highest BCUT2D eigenvalue weighted by Crippen LogP contribution is 2.34. The highest BCUT2D eigenvalue weighted by atomic mass is 16.5. The number of anilines is 1. The van der Waals surface area contributed by atoms with Crippen LogP contribution in [0.2, 0.25) is 0 Å². The Labute approximate surface area is 173 Å². The van der Waals surface area contributed by atoms with Gasteiger partial charge in [0, 0.05) is 13.1 Å². The molecule has 0 bridgehead atoms. The van der Waals surface area contributed by atoms with E-state index in [2.05, 4.69) is 21.5 Å². The summed E-state index contributed by atoms with van der Waals surface area (Å²) in [5.74, 6) is 0.370. The number of carbonyl (C=O) groups is 1. The average molecular weight is 404 g/mol. The number of hydrogen-bond donors (Lipinski definition) is 2. The van der Waals surface area contributed by atoms with Crippen LogP contribution in [-0.2, 0) is 4.74 Å². The Balaban J connectivity index is 1.54. The SMILES string of the molecule is Cc1nn(-c2ccc(NC(=O)N3CCOCC3)cn2)c(O)c1-c1ccc(C#N)cc1. The fourth-order valence-corrected chi connectivity index (χ4v) is 3.28. The summed E-state index contributed by atoms with van der Waals surface area (Å²) in [7, 11) is 0. The first kappa shape index (κ1) is 19.4. The van der Waals surface area contributed by atoms with Crippen LogP contribution in [0.3, 0.4) is 0 Å². The van der Waals surface area contributed by atoms with Gasteiger partial charge in [-0.1, -0.05) is 12.1 Å². The molecule has 30 heavy (non-hydrogen) atoms. The lowest BCUT2D eigenvalue weighted by Crippen LogP contribution is -2.43. The lowest BCUT2D eigenvalue weighted by atomic mass is 10.0. The average Bonchev–Trinajstić information content (AvgIpc) is 3.09. The van der Waals surface area contributed by atoms with E-state index in [9.17, 15) is 9.90 Å². The summed E-state index contributed by atoms with van der Waals surface area (Å²) < 4.78 is 6.59. The third-order valence-corrected chi connectivity index (χ3v) is 4.85. The topological polar surface area (TPSA) is 116 Å². The van der Waals surface area contributed by atoms with Gasteiger partial charge in [0.1, 0.15) is 0 Å². The summed E-state index contributed by atoms with van der Waals surface area (Å²) in [6, 6.07) is 12.2. The van der Waals surface area contributed by atoms with Gasteiger partial charge in [-0.2, -0.15) is 15.0 Å². The van der Waals surface area contributed by atoms with E-state index in [0.29, 0.717) is 54.6 Å². The first-order chi connectivity index (χ1) is 14.6. The molecule has 4 rings (SSSR count). The zero-order valence-electron chi connectivity index (χ0n) is 16.4. The maximum absolute atomic E-state index is 12.3. The molecule has 3 aromatic rings. The first-order valence-electron chi connectivity index (χ1n) is 9.46. The number of aromatic nitrogens is 3. The Bertz CT molecular complexity index is 1090. The van der Waals surface area contributed by atoms with Crippen LogP contribution in [0.5, 0.6) is 5.88 Å². The van der Waals surface area contributed by atoms with Crippen LogP contribution >= 0.6 is 0 Å². The molecule has 2 amide bonds. The van der Waals surface area contributed by atoms with Crippen LogP contribution in [0.15, 0.2) is 42.6 Å². The molecular formula is C21H20N6O3. The minimum Gasteiger partial charge on any atom is -0.493 e. The zero-order valence-corrected chi connectivity index (χ0v) is 16.4. The number of pyridine rings is 1. The van der Waals surface area contributed by atoms with Crippen molar-refractivity contribution in [2.75, 3.05) is 31.6 Å². The molecule has 0 radical (unpaired) electrons. The lowest BCUT2D eigenvalue weighted by molar-refractivity contribution is 0.0564. The van der Waals surface area contributed by atoms with Gasteiger partial charge in [0.15, 0.2) is 5.82 Å². The maximum Gasteiger partial charge on any atom is 0.322 e. The second-order valence-electron chi connectivity index (χ2n) is 6.82. The molecule has 2 N–H and O–H groups in total. The van der Waals surface area contributed by atoms with E-state index in [0.717, 1.165) is 5.56 Å². The van der Waals surface area contributed by atoms with Crippen LogP contribution in [0.25, 0.3) is 16.9 Å². The quantitative estimate of drug-likeness (QED) is 0.693. The Morgan fingerprint density at radius 2 is 1.93 bits per heavy atom. The molecule has 3 heterocycles. The normalized spacial score (nSPS) is 13.7. The molecule has 0 aliphatic carbocycles. The van der Waals surface area contributed by atoms with Gasteiger partial charge in [-0.15, -0.1) is 0 Å². The third-order valence-electron chi connectivity index (χ3n) is 4.85. The summed E-state index contributed by atoms with van der Waals surface area (Å²) >= 11 is 0. The molecular weight excluding hydrogens is 384 g/mol. The summed E-state index contributed by atoms with van der Waals surface area (Å²) in [5, 5.41) is 26.9. The Kier molecular flexibility index (Phi) is 5.32. The summed E-state index contributed by atoms with van der Waals surface area (Å²) in [6.45, 7) is 3.96. The van der Waals surface area contributed by atoms with Crippen molar-refractivity contribution in [3.8, 4) is 28.9 Å². The van der Waals surface area contributed by atoms with Gasteiger partial charge in [0.25, 0.3) is 0 Å². The van der Waals surface area contributed by atoms with Crippen molar-refractivity contribution in [1.29, 1.82) is 5.26 Å². The molecule has 9 nitrogen and oxygen atoms in total. The second kappa shape index (κ2) is 8.23. The molecule has 0 spiro atoms. The summed E-state index contributed by atoms with van der Waals surface area (Å²) in [6.07, 6.45) is 1.52. The number of amides is 2. The van der Waals surface area contributed by atoms with Crippen molar-refractivity contribution >= 4 is 11.7 Å². The van der Waals surface area contributed by atoms with E-state index < -0.39 is 0 Å². The number of ether oxygens (including phenoxy) is 1. The van der Waals surface area contributed by atoms with Crippen LogP contribution < -0.4 is 5.32 Å². The predicted molar refractivity (Wildman–Crippen MR) is 109 cm³/mol. The van der Waals surface area contributed by atoms with Crippen molar-refractivity contribution in [2.24, 2.45) is 0 Å². The number of nitrogens with zero attached hydrogens (tertiary/aromatic N) is 5. The van der Waals surface area contributed by atoms with Gasteiger partial charge in [-0.25, -0.2) is 9.78 Å². The minimum atomic E-state index is -0.200. The lowest BCUT2D eigenvalue weighted by Gasteiger charge is -2.26. The number of aryl methyl sites for hydroxylation is 1. The number of carbonyl (C=O) groups excluding carboxylic acids is 1. The van der Waals surface area contributed by atoms with Crippen LogP contribution in [0.1, 0.15) is 11.3 Å². The molecule has 1 saturated heterocycles. The van der Waals surface area contributed by atoms with Crippen molar-refractivity contribution in [3.63, 3.8) is 0 Å². The van der Waals surface area contributed by atoms with Crippen molar-refractivity contribution in [3.05, 3.63) is 53.9 Å². The fourth-order valence-electron chi connectivity index (χ4n) is 3.28. The van der Waals surface area contributed by atoms with Gasteiger partial charge in [0.05, 0.1) is 48.0 Å². The highest BCUT2D eigenvalue weighted by molar-refractivity contribution is 5.89. The standard InChI is InChI=1S/C21H20N6O3/c1-14-19(16-4-2-15(12-22)3-5-16)20(28)27(25-14)18-7-6-17(13-23-18)24-21(29)26-8-10-30-11-9-26/h2-7,13,28H,8-11H2,1H3,(H,24,29). The van der Waals surface area contributed by atoms with E-state index in [4.69, 9.17) is 10.00 Å². The van der Waals surface area contributed by atoms with Gasteiger partial charge in [-0.3, -0.25) is 0 Å². The Hall–Kier alpha value is -3.90. The van der Waals surface area contributed by atoms with Crippen molar-refractivity contribution in [1.82, 2.24) is 19.7 Å². The van der Waals surface area contributed by atoms with Crippen LogP contribution in [-0.4, -0.2) is 57.1 Å². The summed E-state index contributed by atoms with van der Waals surface area (Å²) in [4.78, 5) is 18.3. The van der Waals surface area contributed by atoms with Gasteiger partial charge >= 0.3 is 6.03 Å². The number of urea groups is 1. The van der Waals surface area contributed by atoms with Gasteiger partial charge < -0.3 is 20.1 Å². The highest BCUT2D eigenvalue weighted by Gasteiger charge is 2.19. The van der Waals surface area contributed by atoms with Crippen molar-refractivity contribution < 1.29 is 14.6 Å². The fraction of sp³-hybridized carbons (Fsp3) is 0.238. The van der Waals surface area contributed by atoms with Crippen LogP contribution in [0, 0.1) is 18.3 Å². The minimum absolute atomic E-state index is 0.0465. The largest absolute Gasteiger partial charge is 0.493 e. The Morgan fingerprint density at radius 3 is 2.57 bits per heavy atom. The maximum atomic E-state index is 12.3. The van der Waals surface area contributed by atoms with E-state index in [1.807, 2.05) is 0 Å². The molecule has 1 fully saturated rings. The number of nitriles is 1. The number of nitrogens with one attached hydrogen (secondary N) is 1. The predicted octanol–water partition coefficient (Wildman–Crippen LogP) is 2.68. The molecule has 1 aromatic carbocycles. The molecule has 0 unspecified atom stereocenters. The summed E-state index contributed by atoms with van der Waals surface area (Å²) in [5.41, 5.74) is 3.05. The molecule has 2 aromatic heterocycles. The molecule has 1 aliphatic rings. The number of aromatic hydroxyl groups is 1. The monoisotopic (exact) mass is 404 g/mol. The third kappa shape index (κ3) is 3.81. The van der Waals surface area contributed by atoms with E-state index in [-0.39, 0.29) is 11.9 Å². The molecule has 9 heteroatoms. The van der Waals surface area contributed by atoms with Crippen LogP contribution in [0.4, 0.5) is 10.5 Å². The number of morpholine rings is 1. The molecule has 0 atom stereocenters. The molecule has 1 aliphatic heterocycles. The zero-order chi connectivity index (χ0) is 21.1. The van der Waals surface area contributed by atoms with Crippen molar-refractivity contribution in [2.45, 2.75) is 6.92 Å². The molecule has 0 saturated carbocycles. The number of hydrogen-bond acceptors (Lipinski definition) is 6. The van der Waals surface area contributed by atoms with E-state index in [1.54, 1.807) is 48.2 Å². The first-order valence-corrected chi connectivity index (χ1v) is 9.46. The van der Waals surface area contributed by atoms with E-state index >= 15 is 0 Å². The van der Waals surface area contributed by atoms with E-state index in [1.165, 1.54) is 10.9 Å².